The summed E-state index contributed by atoms with van der Waals surface area (Å²) in [5.74, 6) is -1.72. The Hall–Kier alpha value is -3.06. The summed E-state index contributed by atoms with van der Waals surface area (Å²) in [7, 11) is 0. The van der Waals surface area contributed by atoms with Gasteiger partial charge in [0, 0.05) is 23.5 Å². The number of benzene rings is 1. The molecular weight excluding hydrogens is 336 g/mol. The molecule has 1 aromatic heterocycles. The van der Waals surface area contributed by atoms with Gasteiger partial charge in [0.15, 0.2) is 11.4 Å². The van der Waals surface area contributed by atoms with Gasteiger partial charge in [-0.05, 0) is 25.1 Å². The lowest BCUT2D eigenvalue weighted by Gasteiger charge is -2.22. The molecule has 1 aliphatic heterocycles. The maximum Gasteiger partial charge on any atom is 0.326 e. The van der Waals surface area contributed by atoms with Crippen molar-refractivity contribution < 1.29 is 24.2 Å². The first kappa shape index (κ1) is 17.8. The fourth-order valence-electron chi connectivity index (χ4n) is 3.03. The van der Waals surface area contributed by atoms with Crippen molar-refractivity contribution in [3.05, 3.63) is 59.9 Å². The minimum atomic E-state index is -2.03. The average molecular weight is 354 g/mol. The Morgan fingerprint density at radius 3 is 2.69 bits per heavy atom. The van der Waals surface area contributed by atoms with Crippen LogP contribution in [0.1, 0.15) is 29.3 Å². The molecule has 0 saturated carbocycles. The zero-order valence-corrected chi connectivity index (χ0v) is 14.2. The molecule has 2 aromatic rings. The number of para-hydroxylation sites is 1. The zero-order chi connectivity index (χ0) is 18.7. The number of hydrogen-bond donors (Lipinski definition) is 1. The standard InChI is InChI=1S/C19H18N2O5/c1-2-26-17(23)12-21-15-8-4-3-7-14(15)19(25,18(21)24)10-16(22)13-6-5-9-20-11-13/h3-9,11,25H,2,10,12H2,1H3/t19-/m0/s1. The van der Waals surface area contributed by atoms with Gasteiger partial charge in [-0.2, -0.15) is 0 Å². The van der Waals surface area contributed by atoms with Gasteiger partial charge in [0.1, 0.15) is 6.54 Å². The molecule has 134 valence electrons. The van der Waals surface area contributed by atoms with Crippen molar-refractivity contribution in [3.8, 4) is 0 Å². The lowest BCUT2D eigenvalue weighted by Crippen LogP contribution is -2.44. The number of rotatable bonds is 6. The summed E-state index contributed by atoms with van der Waals surface area (Å²) in [6, 6.07) is 9.74. The Kier molecular flexibility index (Phi) is 4.81. The number of Topliss-reactive ketones (excluding diaryl/α,β-unsaturated/α-hetero) is 1. The van der Waals surface area contributed by atoms with Crippen molar-refractivity contribution in [2.24, 2.45) is 0 Å². The van der Waals surface area contributed by atoms with Crippen LogP contribution in [-0.4, -0.2) is 40.9 Å². The average Bonchev–Trinajstić information content (AvgIpc) is 2.85. The van der Waals surface area contributed by atoms with Crippen LogP contribution in [-0.2, 0) is 19.9 Å². The molecular formula is C19H18N2O5. The third-order valence-corrected chi connectivity index (χ3v) is 4.23. The van der Waals surface area contributed by atoms with Crippen molar-refractivity contribution in [2.75, 3.05) is 18.1 Å². The van der Waals surface area contributed by atoms with E-state index in [4.69, 9.17) is 4.74 Å². The number of ketones is 1. The van der Waals surface area contributed by atoms with E-state index in [1.54, 1.807) is 43.3 Å². The molecule has 0 bridgehead atoms. The van der Waals surface area contributed by atoms with Gasteiger partial charge >= 0.3 is 5.97 Å². The smallest absolute Gasteiger partial charge is 0.326 e. The van der Waals surface area contributed by atoms with Gasteiger partial charge in [0.25, 0.3) is 5.91 Å². The zero-order valence-electron chi connectivity index (χ0n) is 14.2. The van der Waals surface area contributed by atoms with Crippen molar-refractivity contribution in [2.45, 2.75) is 18.9 Å². The number of aromatic nitrogens is 1. The van der Waals surface area contributed by atoms with Gasteiger partial charge in [-0.15, -0.1) is 0 Å². The number of pyridine rings is 1. The maximum absolute atomic E-state index is 12.9. The highest BCUT2D eigenvalue weighted by atomic mass is 16.5. The third kappa shape index (κ3) is 3.09. The number of fused-ring (bicyclic) bond motifs is 1. The number of aliphatic hydroxyl groups is 1. The molecule has 7 nitrogen and oxygen atoms in total. The first-order chi connectivity index (χ1) is 12.5. The molecule has 1 aromatic carbocycles. The highest BCUT2D eigenvalue weighted by Crippen LogP contribution is 2.42. The second-order valence-corrected chi connectivity index (χ2v) is 5.92. The molecule has 0 unspecified atom stereocenters. The van der Waals surface area contributed by atoms with E-state index in [-0.39, 0.29) is 13.2 Å². The molecule has 0 radical (unpaired) electrons. The van der Waals surface area contributed by atoms with Crippen LogP contribution in [0.5, 0.6) is 0 Å². The SMILES string of the molecule is CCOC(=O)CN1C(=O)[C@](O)(CC(=O)c2cccnc2)c2ccccc21. The molecule has 7 heteroatoms. The molecule has 3 rings (SSSR count). The lowest BCUT2D eigenvalue weighted by molar-refractivity contribution is -0.144. The van der Waals surface area contributed by atoms with Crippen LogP contribution in [0.2, 0.25) is 0 Å². The summed E-state index contributed by atoms with van der Waals surface area (Å²) < 4.78 is 4.90. The second-order valence-electron chi connectivity index (χ2n) is 5.92. The summed E-state index contributed by atoms with van der Waals surface area (Å²) in [6.07, 6.45) is 2.48. The van der Waals surface area contributed by atoms with Crippen LogP contribution >= 0.6 is 0 Å². The molecule has 0 fully saturated rings. The summed E-state index contributed by atoms with van der Waals surface area (Å²) in [4.78, 5) is 42.3. The molecule has 0 aliphatic carbocycles. The predicted octanol–water partition coefficient (Wildman–Crippen LogP) is 1.45. The molecule has 0 spiro atoms. The predicted molar refractivity (Wildman–Crippen MR) is 92.5 cm³/mol. The number of esters is 1. The van der Waals surface area contributed by atoms with E-state index in [1.807, 2.05) is 0 Å². The highest BCUT2D eigenvalue weighted by molar-refractivity contribution is 6.12. The summed E-state index contributed by atoms with van der Waals surface area (Å²) in [5, 5.41) is 11.1. The number of anilines is 1. The molecule has 26 heavy (non-hydrogen) atoms. The lowest BCUT2D eigenvalue weighted by atomic mass is 9.88. The van der Waals surface area contributed by atoms with Crippen molar-refractivity contribution in [3.63, 3.8) is 0 Å². The topological polar surface area (TPSA) is 96.8 Å². The number of nitrogens with zero attached hydrogens (tertiary/aromatic N) is 2. The minimum absolute atomic E-state index is 0.187. The van der Waals surface area contributed by atoms with Gasteiger partial charge in [-0.25, -0.2) is 0 Å². The molecule has 1 aliphatic rings. The van der Waals surface area contributed by atoms with Crippen LogP contribution in [0.15, 0.2) is 48.8 Å². The van der Waals surface area contributed by atoms with E-state index in [0.717, 1.165) is 4.90 Å². The van der Waals surface area contributed by atoms with E-state index < -0.39 is 29.7 Å². The first-order valence-corrected chi connectivity index (χ1v) is 8.20. The Morgan fingerprint density at radius 2 is 2.00 bits per heavy atom. The largest absolute Gasteiger partial charge is 0.465 e. The van der Waals surface area contributed by atoms with Gasteiger partial charge in [-0.1, -0.05) is 18.2 Å². The molecule has 0 saturated heterocycles. The van der Waals surface area contributed by atoms with Crippen LogP contribution in [0, 0.1) is 0 Å². The number of carbonyl (C=O) groups excluding carboxylic acids is 3. The fourth-order valence-corrected chi connectivity index (χ4v) is 3.03. The Morgan fingerprint density at radius 1 is 1.23 bits per heavy atom. The molecule has 1 N–H and O–H groups in total. The van der Waals surface area contributed by atoms with Crippen molar-refractivity contribution in [1.29, 1.82) is 0 Å². The van der Waals surface area contributed by atoms with E-state index in [2.05, 4.69) is 4.98 Å². The van der Waals surface area contributed by atoms with E-state index in [1.165, 1.54) is 12.4 Å². The van der Waals surface area contributed by atoms with Crippen LogP contribution in [0.3, 0.4) is 0 Å². The quantitative estimate of drug-likeness (QED) is 0.623. The molecule has 2 heterocycles. The number of carbonyl (C=O) groups is 3. The summed E-state index contributed by atoms with van der Waals surface area (Å²) in [6.45, 7) is 1.53. The Labute approximate surface area is 150 Å². The number of ether oxygens (including phenoxy) is 1. The summed E-state index contributed by atoms with van der Waals surface area (Å²) >= 11 is 0. The van der Waals surface area contributed by atoms with Crippen LogP contribution in [0.4, 0.5) is 5.69 Å². The monoisotopic (exact) mass is 354 g/mol. The van der Waals surface area contributed by atoms with Gasteiger partial charge in [0.2, 0.25) is 0 Å². The third-order valence-electron chi connectivity index (χ3n) is 4.23. The van der Waals surface area contributed by atoms with Crippen molar-refractivity contribution >= 4 is 23.3 Å². The van der Waals surface area contributed by atoms with Gasteiger partial charge in [0.05, 0.1) is 18.7 Å². The Balaban J connectivity index is 1.93. The first-order valence-electron chi connectivity index (χ1n) is 8.20. The van der Waals surface area contributed by atoms with Gasteiger partial charge < -0.3 is 9.84 Å². The molecule has 1 amide bonds. The van der Waals surface area contributed by atoms with E-state index >= 15 is 0 Å². The van der Waals surface area contributed by atoms with Crippen LogP contribution < -0.4 is 4.90 Å². The van der Waals surface area contributed by atoms with Crippen molar-refractivity contribution in [1.82, 2.24) is 4.98 Å². The summed E-state index contributed by atoms with van der Waals surface area (Å²) in [5.41, 5.74) is -1.04. The number of amides is 1. The normalized spacial score (nSPS) is 18.5. The maximum atomic E-state index is 12.9. The molecule has 1 atom stereocenters. The Bertz CT molecular complexity index is 852. The second kappa shape index (κ2) is 7.05. The number of hydrogen-bond acceptors (Lipinski definition) is 6. The highest BCUT2D eigenvalue weighted by Gasteiger charge is 2.51. The van der Waals surface area contributed by atoms with Crippen LogP contribution in [0.25, 0.3) is 0 Å². The fraction of sp³-hybridized carbons (Fsp3) is 0.263. The van der Waals surface area contributed by atoms with E-state index in [0.29, 0.717) is 16.8 Å². The minimum Gasteiger partial charge on any atom is -0.465 e. The van der Waals surface area contributed by atoms with Gasteiger partial charge in [-0.3, -0.25) is 24.3 Å². The van der Waals surface area contributed by atoms with E-state index in [9.17, 15) is 19.5 Å².